The van der Waals surface area contributed by atoms with Crippen molar-refractivity contribution in [2.75, 3.05) is 6.54 Å². The van der Waals surface area contributed by atoms with Gasteiger partial charge in [0, 0.05) is 30.9 Å². The molecule has 0 aliphatic heterocycles. The van der Waals surface area contributed by atoms with Gasteiger partial charge in [-0.05, 0) is 19.3 Å². The van der Waals surface area contributed by atoms with Crippen molar-refractivity contribution in [3.05, 3.63) is 18.2 Å². The Bertz CT molecular complexity index is 391. The van der Waals surface area contributed by atoms with E-state index >= 15 is 0 Å². The van der Waals surface area contributed by atoms with Gasteiger partial charge < -0.3 is 10.3 Å². The highest BCUT2D eigenvalue weighted by atomic mass is 16.1. The van der Waals surface area contributed by atoms with Gasteiger partial charge in [0.05, 0.1) is 0 Å². The third-order valence-electron chi connectivity index (χ3n) is 3.82. The van der Waals surface area contributed by atoms with Crippen LogP contribution in [0.1, 0.15) is 49.6 Å². The summed E-state index contributed by atoms with van der Waals surface area (Å²) < 4.78 is 1.96. The van der Waals surface area contributed by atoms with Crippen LogP contribution in [0.4, 0.5) is 0 Å². The number of aromatic nitrogens is 2. The lowest BCUT2D eigenvalue weighted by atomic mass is 9.81. The van der Waals surface area contributed by atoms with Gasteiger partial charge in [0.25, 0.3) is 0 Å². The lowest BCUT2D eigenvalue weighted by Gasteiger charge is -2.25. The van der Waals surface area contributed by atoms with E-state index in [1.807, 2.05) is 10.8 Å². The lowest BCUT2D eigenvalue weighted by Crippen LogP contribution is -2.37. The topological polar surface area (TPSA) is 60.9 Å². The molecule has 4 nitrogen and oxygen atoms in total. The van der Waals surface area contributed by atoms with E-state index in [0.29, 0.717) is 12.4 Å². The van der Waals surface area contributed by atoms with Gasteiger partial charge in [-0.25, -0.2) is 4.98 Å². The Hall–Kier alpha value is -1.16. The monoisotopic (exact) mass is 235 g/mol. The van der Waals surface area contributed by atoms with E-state index in [-0.39, 0.29) is 11.2 Å². The standard InChI is InChI=1S/C13H21N3O/c1-2-8-16-9-7-15-12(16)11(17)13(10-14)5-3-4-6-13/h7,9H,2-6,8,10,14H2,1H3. The average molecular weight is 235 g/mol. The van der Waals surface area contributed by atoms with Gasteiger partial charge >= 0.3 is 0 Å². The number of ketones is 1. The number of hydrogen-bond donors (Lipinski definition) is 1. The first-order chi connectivity index (χ1) is 8.23. The molecule has 1 aromatic rings. The van der Waals surface area contributed by atoms with Gasteiger partial charge in [0.2, 0.25) is 5.78 Å². The fourth-order valence-electron chi connectivity index (χ4n) is 2.75. The zero-order valence-electron chi connectivity index (χ0n) is 10.5. The number of Topliss-reactive ketones (excluding diaryl/α,β-unsaturated/α-hetero) is 1. The lowest BCUT2D eigenvalue weighted by molar-refractivity contribution is 0.0793. The van der Waals surface area contributed by atoms with Crippen LogP contribution in [0.25, 0.3) is 0 Å². The molecule has 94 valence electrons. The minimum Gasteiger partial charge on any atom is -0.329 e. The molecule has 0 unspecified atom stereocenters. The van der Waals surface area contributed by atoms with Crippen molar-refractivity contribution in [3.63, 3.8) is 0 Å². The van der Waals surface area contributed by atoms with Crippen molar-refractivity contribution >= 4 is 5.78 Å². The van der Waals surface area contributed by atoms with Crippen LogP contribution in [0, 0.1) is 5.41 Å². The third-order valence-corrected chi connectivity index (χ3v) is 3.82. The van der Waals surface area contributed by atoms with E-state index in [4.69, 9.17) is 5.73 Å². The van der Waals surface area contributed by atoms with Crippen LogP contribution < -0.4 is 5.73 Å². The smallest absolute Gasteiger partial charge is 0.205 e. The molecule has 1 aromatic heterocycles. The number of carbonyl (C=O) groups is 1. The molecule has 0 atom stereocenters. The molecule has 0 saturated heterocycles. The number of nitrogens with two attached hydrogens (primary N) is 1. The quantitative estimate of drug-likeness (QED) is 0.794. The van der Waals surface area contributed by atoms with Gasteiger partial charge in [0.15, 0.2) is 5.82 Å². The van der Waals surface area contributed by atoms with Crippen LogP contribution in [0.15, 0.2) is 12.4 Å². The molecule has 0 aromatic carbocycles. The Labute approximate surface area is 102 Å². The first-order valence-electron chi connectivity index (χ1n) is 6.49. The highest BCUT2D eigenvalue weighted by Gasteiger charge is 2.41. The van der Waals surface area contributed by atoms with E-state index in [2.05, 4.69) is 11.9 Å². The van der Waals surface area contributed by atoms with E-state index < -0.39 is 0 Å². The minimum atomic E-state index is -0.336. The highest BCUT2D eigenvalue weighted by molar-refractivity contribution is 5.98. The molecule has 2 rings (SSSR count). The van der Waals surface area contributed by atoms with Crippen molar-refractivity contribution in [2.24, 2.45) is 11.1 Å². The summed E-state index contributed by atoms with van der Waals surface area (Å²) in [6.07, 6.45) is 8.65. The second kappa shape index (κ2) is 5.00. The number of nitrogens with zero attached hydrogens (tertiary/aromatic N) is 2. The molecule has 2 N–H and O–H groups in total. The molecule has 1 saturated carbocycles. The Morgan fingerprint density at radius 3 is 2.82 bits per heavy atom. The van der Waals surface area contributed by atoms with E-state index in [1.165, 1.54) is 0 Å². The Morgan fingerprint density at radius 1 is 1.53 bits per heavy atom. The molecule has 0 bridgehead atoms. The van der Waals surface area contributed by atoms with Crippen molar-refractivity contribution in [2.45, 2.75) is 45.6 Å². The highest BCUT2D eigenvalue weighted by Crippen LogP contribution is 2.39. The van der Waals surface area contributed by atoms with Crippen LogP contribution in [0.5, 0.6) is 0 Å². The molecule has 1 heterocycles. The number of rotatable bonds is 5. The predicted molar refractivity (Wildman–Crippen MR) is 66.8 cm³/mol. The average Bonchev–Trinajstić information content (AvgIpc) is 2.97. The predicted octanol–water partition coefficient (Wildman–Crippen LogP) is 1.99. The zero-order valence-corrected chi connectivity index (χ0v) is 10.5. The summed E-state index contributed by atoms with van der Waals surface area (Å²) >= 11 is 0. The summed E-state index contributed by atoms with van der Waals surface area (Å²) in [5, 5.41) is 0. The summed E-state index contributed by atoms with van der Waals surface area (Å²) in [4.78, 5) is 16.8. The fraction of sp³-hybridized carbons (Fsp3) is 0.692. The van der Waals surface area contributed by atoms with Crippen LogP contribution >= 0.6 is 0 Å². The fourth-order valence-corrected chi connectivity index (χ4v) is 2.75. The number of imidazole rings is 1. The molecule has 1 aliphatic rings. The van der Waals surface area contributed by atoms with Crippen LogP contribution in [0.2, 0.25) is 0 Å². The molecule has 0 spiro atoms. The summed E-state index contributed by atoms with van der Waals surface area (Å²) in [7, 11) is 0. The Balaban J connectivity index is 2.26. The molecule has 4 heteroatoms. The molecule has 17 heavy (non-hydrogen) atoms. The molecular formula is C13H21N3O. The van der Waals surface area contributed by atoms with E-state index in [9.17, 15) is 4.79 Å². The van der Waals surface area contributed by atoms with Crippen LogP contribution in [-0.4, -0.2) is 21.9 Å². The SMILES string of the molecule is CCCn1ccnc1C(=O)C1(CN)CCCC1. The first kappa shape index (κ1) is 12.3. The largest absolute Gasteiger partial charge is 0.329 e. The van der Waals surface area contributed by atoms with Crippen molar-refractivity contribution in [1.29, 1.82) is 0 Å². The number of carbonyl (C=O) groups excluding carboxylic acids is 1. The second-order valence-corrected chi connectivity index (χ2v) is 4.96. The summed E-state index contributed by atoms with van der Waals surface area (Å²) in [5.41, 5.74) is 5.51. The number of hydrogen-bond acceptors (Lipinski definition) is 3. The molecule has 0 radical (unpaired) electrons. The van der Waals surface area contributed by atoms with Crippen LogP contribution in [-0.2, 0) is 6.54 Å². The molecule has 1 fully saturated rings. The van der Waals surface area contributed by atoms with E-state index in [0.717, 1.165) is 38.6 Å². The van der Waals surface area contributed by atoms with Gasteiger partial charge in [-0.15, -0.1) is 0 Å². The maximum Gasteiger partial charge on any atom is 0.205 e. The van der Waals surface area contributed by atoms with Gasteiger partial charge in [-0.3, -0.25) is 4.79 Å². The van der Waals surface area contributed by atoms with Gasteiger partial charge in [0.1, 0.15) is 0 Å². The number of aryl methyl sites for hydroxylation is 1. The Kier molecular flexibility index (Phi) is 3.62. The molecular weight excluding hydrogens is 214 g/mol. The molecule has 0 amide bonds. The van der Waals surface area contributed by atoms with Crippen molar-refractivity contribution < 1.29 is 4.79 Å². The van der Waals surface area contributed by atoms with Crippen molar-refractivity contribution in [1.82, 2.24) is 9.55 Å². The summed E-state index contributed by atoms with van der Waals surface area (Å²) in [6, 6.07) is 0. The Morgan fingerprint density at radius 2 is 2.24 bits per heavy atom. The summed E-state index contributed by atoms with van der Waals surface area (Å²) in [6.45, 7) is 3.40. The third kappa shape index (κ3) is 2.14. The van der Waals surface area contributed by atoms with Gasteiger partial charge in [-0.1, -0.05) is 19.8 Å². The second-order valence-electron chi connectivity index (χ2n) is 4.96. The maximum absolute atomic E-state index is 12.6. The zero-order chi connectivity index (χ0) is 12.3. The van der Waals surface area contributed by atoms with Crippen LogP contribution in [0.3, 0.4) is 0 Å². The first-order valence-corrected chi connectivity index (χ1v) is 6.49. The van der Waals surface area contributed by atoms with Crippen molar-refractivity contribution in [3.8, 4) is 0 Å². The van der Waals surface area contributed by atoms with E-state index in [1.54, 1.807) is 6.20 Å². The summed E-state index contributed by atoms with van der Waals surface area (Å²) in [5.74, 6) is 0.746. The maximum atomic E-state index is 12.6. The minimum absolute atomic E-state index is 0.149. The normalized spacial score (nSPS) is 18.5. The molecule has 1 aliphatic carbocycles. The van der Waals surface area contributed by atoms with Gasteiger partial charge in [-0.2, -0.15) is 0 Å².